The summed E-state index contributed by atoms with van der Waals surface area (Å²) in [7, 11) is 4.05. The molecule has 2 aromatic rings. The van der Waals surface area contributed by atoms with Crippen molar-refractivity contribution in [2.75, 3.05) is 7.05 Å². The monoisotopic (exact) mass is 257 g/mol. The fourth-order valence-electron chi connectivity index (χ4n) is 2.66. The minimum atomic E-state index is 0.810. The third-order valence-corrected chi connectivity index (χ3v) is 3.49. The largest absolute Gasteiger partial charge is 0.333 e. The molecule has 2 rings (SSSR count). The van der Waals surface area contributed by atoms with Gasteiger partial charge < -0.3 is 9.88 Å². The number of hydrogen-bond donors (Lipinski definition) is 1. The van der Waals surface area contributed by atoms with Crippen LogP contribution in [0, 0.1) is 20.8 Å². The number of aromatic nitrogens is 2. The van der Waals surface area contributed by atoms with Crippen molar-refractivity contribution in [3.8, 4) is 0 Å². The standard InChI is InChI=1S/C16H23N3/c1-11-6-12(2)8-14(7-11)9-15-13(3)18-16(10-17-4)19(15)5/h6-8,17H,9-10H2,1-5H3. The molecule has 0 atom stereocenters. The maximum absolute atomic E-state index is 4.64. The van der Waals surface area contributed by atoms with Crippen molar-refractivity contribution < 1.29 is 0 Å². The molecule has 3 heteroatoms. The van der Waals surface area contributed by atoms with E-state index in [1.165, 1.54) is 22.4 Å². The summed E-state index contributed by atoms with van der Waals surface area (Å²) in [6, 6.07) is 6.74. The van der Waals surface area contributed by atoms with Gasteiger partial charge in [-0.3, -0.25) is 0 Å². The molecule has 0 aliphatic rings. The van der Waals surface area contributed by atoms with E-state index in [0.717, 1.165) is 24.5 Å². The number of nitrogens with zero attached hydrogens (tertiary/aromatic N) is 2. The summed E-state index contributed by atoms with van der Waals surface area (Å²) in [6.07, 6.45) is 0.946. The highest BCUT2D eigenvalue weighted by Crippen LogP contribution is 2.17. The quantitative estimate of drug-likeness (QED) is 0.912. The predicted molar refractivity (Wildman–Crippen MR) is 79.4 cm³/mol. The Morgan fingerprint density at radius 3 is 2.32 bits per heavy atom. The van der Waals surface area contributed by atoms with Crippen molar-refractivity contribution >= 4 is 0 Å². The molecular weight excluding hydrogens is 234 g/mol. The third-order valence-electron chi connectivity index (χ3n) is 3.49. The molecule has 1 N–H and O–H groups in total. The van der Waals surface area contributed by atoms with E-state index in [9.17, 15) is 0 Å². The molecule has 0 radical (unpaired) electrons. The van der Waals surface area contributed by atoms with Crippen LogP contribution in [-0.4, -0.2) is 16.6 Å². The Morgan fingerprint density at radius 2 is 1.74 bits per heavy atom. The lowest BCUT2D eigenvalue weighted by Crippen LogP contribution is -2.11. The fraction of sp³-hybridized carbons (Fsp3) is 0.438. The molecule has 0 amide bonds. The summed E-state index contributed by atoms with van der Waals surface area (Å²) in [6.45, 7) is 7.21. The number of rotatable bonds is 4. The van der Waals surface area contributed by atoms with Gasteiger partial charge in [-0.05, 0) is 33.4 Å². The molecule has 0 spiro atoms. The topological polar surface area (TPSA) is 29.9 Å². The van der Waals surface area contributed by atoms with Gasteiger partial charge in [-0.1, -0.05) is 29.3 Å². The van der Waals surface area contributed by atoms with E-state index < -0.39 is 0 Å². The van der Waals surface area contributed by atoms with E-state index >= 15 is 0 Å². The maximum atomic E-state index is 4.64. The molecule has 0 aliphatic carbocycles. The highest BCUT2D eigenvalue weighted by molar-refractivity contribution is 5.32. The van der Waals surface area contributed by atoms with Crippen LogP contribution in [0.4, 0.5) is 0 Å². The summed E-state index contributed by atoms with van der Waals surface area (Å²) in [4.78, 5) is 4.64. The van der Waals surface area contributed by atoms with E-state index in [1.54, 1.807) is 0 Å². The Labute approximate surface area is 115 Å². The van der Waals surface area contributed by atoms with Crippen molar-refractivity contribution in [3.05, 3.63) is 52.1 Å². The van der Waals surface area contributed by atoms with Crippen LogP contribution in [-0.2, 0) is 20.0 Å². The van der Waals surface area contributed by atoms with Crippen molar-refractivity contribution in [2.45, 2.75) is 33.7 Å². The summed E-state index contributed by atoms with van der Waals surface area (Å²) < 4.78 is 2.21. The van der Waals surface area contributed by atoms with E-state index in [-0.39, 0.29) is 0 Å². The van der Waals surface area contributed by atoms with Crippen LogP contribution in [0.25, 0.3) is 0 Å². The number of nitrogens with one attached hydrogen (secondary N) is 1. The average molecular weight is 257 g/mol. The van der Waals surface area contributed by atoms with Gasteiger partial charge in [-0.15, -0.1) is 0 Å². The lowest BCUT2D eigenvalue weighted by Gasteiger charge is -2.08. The van der Waals surface area contributed by atoms with Gasteiger partial charge in [0, 0.05) is 19.2 Å². The van der Waals surface area contributed by atoms with Gasteiger partial charge in [0.05, 0.1) is 12.2 Å². The molecule has 0 bridgehead atoms. The van der Waals surface area contributed by atoms with Crippen LogP contribution in [0.5, 0.6) is 0 Å². The first kappa shape index (κ1) is 13.8. The highest BCUT2D eigenvalue weighted by Gasteiger charge is 2.11. The van der Waals surface area contributed by atoms with E-state index in [4.69, 9.17) is 0 Å². The van der Waals surface area contributed by atoms with Gasteiger partial charge in [-0.25, -0.2) is 4.98 Å². The number of benzene rings is 1. The van der Waals surface area contributed by atoms with Gasteiger partial charge in [0.15, 0.2) is 0 Å². The number of hydrogen-bond acceptors (Lipinski definition) is 2. The first-order valence-electron chi connectivity index (χ1n) is 6.74. The molecule has 1 heterocycles. The molecule has 1 aromatic carbocycles. The van der Waals surface area contributed by atoms with Gasteiger partial charge in [0.25, 0.3) is 0 Å². The zero-order chi connectivity index (χ0) is 14.0. The number of imidazole rings is 1. The van der Waals surface area contributed by atoms with Gasteiger partial charge in [0.1, 0.15) is 5.82 Å². The summed E-state index contributed by atoms with van der Waals surface area (Å²) >= 11 is 0. The van der Waals surface area contributed by atoms with Gasteiger partial charge in [0.2, 0.25) is 0 Å². The molecule has 19 heavy (non-hydrogen) atoms. The number of aryl methyl sites for hydroxylation is 3. The third kappa shape index (κ3) is 3.04. The smallest absolute Gasteiger partial charge is 0.122 e. The van der Waals surface area contributed by atoms with Crippen molar-refractivity contribution in [2.24, 2.45) is 7.05 Å². The molecule has 0 aliphatic heterocycles. The van der Waals surface area contributed by atoms with Crippen molar-refractivity contribution in [3.63, 3.8) is 0 Å². The highest BCUT2D eigenvalue weighted by atomic mass is 15.1. The lowest BCUT2D eigenvalue weighted by molar-refractivity contribution is 0.695. The summed E-state index contributed by atoms with van der Waals surface area (Å²) in [5.74, 6) is 1.10. The lowest BCUT2D eigenvalue weighted by atomic mass is 10.0. The second-order valence-electron chi connectivity index (χ2n) is 5.32. The fourth-order valence-corrected chi connectivity index (χ4v) is 2.66. The normalized spacial score (nSPS) is 11.0. The van der Waals surface area contributed by atoms with E-state index in [0.29, 0.717) is 0 Å². The Hall–Kier alpha value is -1.61. The SMILES string of the molecule is CNCc1nc(C)c(Cc2cc(C)cc(C)c2)n1C. The van der Waals surface area contributed by atoms with Crippen molar-refractivity contribution in [1.29, 1.82) is 0 Å². The van der Waals surface area contributed by atoms with Gasteiger partial charge >= 0.3 is 0 Å². The first-order chi connectivity index (χ1) is 9.01. The molecule has 102 valence electrons. The van der Waals surface area contributed by atoms with Crippen LogP contribution in [0.15, 0.2) is 18.2 Å². The van der Waals surface area contributed by atoms with E-state index in [2.05, 4.69) is 60.9 Å². The zero-order valence-corrected chi connectivity index (χ0v) is 12.5. The molecule has 1 aromatic heterocycles. The average Bonchev–Trinajstić information content (AvgIpc) is 2.56. The zero-order valence-electron chi connectivity index (χ0n) is 12.5. The maximum Gasteiger partial charge on any atom is 0.122 e. The van der Waals surface area contributed by atoms with Crippen molar-refractivity contribution in [1.82, 2.24) is 14.9 Å². The minimum absolute atomic E-state index is 0.810. The van der Waals surface area contributed by atoms with Crippen LogP contribution in [0.2, 0.25) is 0 Å². The van der Waals surface area contributed by atoms with Crippen LogP contribution >= 0.6 is 0 Å². The molecular formula is C16H23N3. The molecule has 0 saturated heterocycles. The Morgan fingerprint density at radius 1 is 1.11 bits per heavy atom. The van der Waals surface area contributed by atoms with E-state index in [1.807, 2.05) is 7.05 Å². The van der Waals surface area contributed by atoms with Gasteiger partial charge in [-0.2, -0.15) is 0 Å². The van der Waals surface area contributed by atoms with Crippen LogP contribution in [0.3, 0.4) is 0 Å². The molecule has 0 saturated carbocycles. The first-order valence-corrected chi connectivity index (χ1v) is 6.74. The Bertz CT molecular complexity index is 562. The molecule has 3 nitrogen and oxygen atoms in total. The summed E-state index contributed by atoms with van der Waals surface area (Å²) in [5, 5.41) is 3.16. The Balaban J connectivity index is 2.32. The molecule has 0 fully saturated rings. The molecule has 0 unspecified atom stereocenters. The van der Waals surface area contributed by atoms with Crippen LogP contribution < -0.4 is 5.32 Å². The van der Waals surface area contributed by atoms with Crippen LogP contribution in [0.1, 0.15) is 33.9 Å². The second-order valence-corrected chi connectivity index (χ2v) is 5.32. The Kier molecular flexibility index (Phi) is 4.05. The predicted octanol–water partition coefficient (Wildman–Crippen LogP) is 2.66. The minimum Gasteiger partial charge on any atom is -0.333 e. The second kappa shape index (κ2) is 5.57. The summed E-state index contributed by atoms with van der Waals surface area (Å²) in [5.41, 5.74) is 6.44.